The predicted molar refractivity (Wildman–Crippen MR) is 65.8 cm³/mol. The number of benzene rings is 1. The molecule has 0 aliphatic carbocycles. The molecule has 1 aromatic carbocycles. The number of halogens is 1. The molecule has 15 heavy (non-hydrogen) atoms. The average molecular weight is 223 g/mol. The largest absolute Gasteiger partial charge is 0.326 e. The molecule has 0 spiro atoms. The number of hydrogen-bond acceptors (Lipinski definition) is 2. The van der Waals surface area contributed by atoms with E-state index in [0.29, 0.717) is 6.54 Å². The van der Waals surface area contributed by atoms with Crippen molar-refractivity contribution < 1.29 is 0 Å². The van der Waals surface area contributed by atoms with Crippen LogP contribution in [0.15, 0.2) is 60.9 Å². The topological polar surface area (TPSA) is 38.9 Å². The van der Waals surface area contributed by atoms with Crippen LogP contribution in [0, 0.1) is 0 Å². The summed E-state index contributed by atoms with van der Waals surface area (Å²) in [4.78, 5) is 3.78. The lowest BCUT2D eigenvalue weighted by atomic mass is 10.2. The van der Waals surface area contributed by atoms with Crippen molar-refractivity contribution in [1.29, 1.82) is 0 Å². The van der Waals surface area contributed by atoms with Crippen molar-refractivity contribution in [1.82, 2.24) is 4.98 Å². The highest BCUT2D eigenvalue weighted by atomic mass is 35.5. The summed E-state index contributed by atoms with van der Waals surface area (Å²) in [6.45, 7) is 0.640. The van der Waals surface area contributed by atoms with Gasteiger partial charge >= 0.3 is 0 Å². The van der Waals surface area contributed by atoms with Crippen LogP contribution in [0.1, 0.15) is 5.56 Å². The summed E-state index contributed by atoms with van der Waals surface area (Å²) < 4.78 is 0. The number of nitrogens with zero attached hydrogens (tertiary/aromatic N) is 1. The molecule has 0 radical (unpaired) electrons. The first-order valence-corrected chi connectivity index (χ1v) is 4.52. The Hall–Kier alpha value is -1.38. The first-order chi connectivity index (χ1) is 6.93. The average Bonchev–Trinajstić information content (AvgIpc) is 2.33. The van der Waals surface area contributed by atoms with E-state index in [4.69, 9.17) is 5.73 Å². The zero-order valence-electron chi connectivity index (χ0n) is 8.41. The van der Waals surface area contributed by atoms with Gasteiger partial charge in [-0.15, -0.1) is 12.4 Å². The molecule has 0 unspecified atom stereocenters. The molecule has 0 amide bonds. The van der Waals surface area contributed by atoms with Crippen molar-refractivity contribution in [2.24, 2.45) is 5.73 Å². The maximum absolute atomic E-state index is 5.35. The van der Waals surface area contributed by atoms with Crippen molar-refractivity contribution in [2.75, 3.05) is 0 Å². The molecular weight excluding hydrogens is 208 g/mol. The van der Waals surface area contributed by atoms with Crippen molar-refractivity contribution in [3.63, 3.8) is 0 Å². The molecule has 0 aliphatic heterocycles. The van der Waals surface area contributed by atoms with Crippen LogP contribution in [0.25, 0.3) is 0 Å². The predicted octanol–water partition coefficient (Wildman–Crippen LogP) is 2.65. The van der Waals surface area contributed by atoms with E-state index in [1.807, 2.05) is 48.5 Å². The fourth-order valence-electron chi connectivity index (χ4n) is 0.927. The van der Waals surface area contributed by atoms with Gasteiger partial charge in [-0.25, -0.2) is 0 Å². The molecule has 1 aromatic heterocycles. The second-order valence-electron chi connectivity index (χ2n) is 2.71. The smallest absolute Gasteiger partial charge is 0.0267 e. The summed E-state index contributed by atoms with van der Waals surface area (Å²) in [5, 5.41) is 0. The Morgan fingerprint density at radius 2 is 1.40 bits per heavy atom. The molecule has 2 rings (SSSR count). The third kappa shape index (κ3) is 6.66. The maximum Gasteiger partial charge on any atom is 0.0267 e. The normalized spacial score (nSPS) is 8.07. The second kappa shape index (κ2) is 9.19. The van der Waals surface area contributed by atoms with Crippen LogP contribution in [-0.4, -0.2) is 4.98 Å². The van der Waals surface area contributed by atoms with Gasteiger partial charge in [0.25, 0.3) is 0 Å². The maximum atomic E-state index is 5.35. The Bertz CT molecular complexity index is 297. The van der Waals surface area contributed by atoms with Gasteiger partial charge in [0, 0.05) is 18.9 Å². The molecule has 0 atom stereocenters. The first kappa shape index (κ1) is 13.6. The minimum absolute atomic E-state index is 0. The quantitative estimate of drug-likeness (QED) is 0.806. The lowest BCUT2D eigenvalue weighted by Crippen LogP contribution is -1.94. The van der Waals surface area contributed by atoms with Gasteiger partial charge in [0.05, 0.1) is 0 Å². The SMILES string of the molecule is Cl.NCc1ccccc1.c1ccncc1. The highest BCUT2D eigenvalue weighted by molar-refractivity contribution is 5.85. The molecule has 2 aromatic rings. The minimum Gasteiger partial charge on any atom is -0.326 e. The highest BCUT2D eigenvalue weighted by Crippen LogP contribution is 1.94. The zero-order chi connectivity index (χ0) is 10.1. The number of nitrogens with two attached hydrogens (primary N) is 1. The monoisotopic (exact) mass is 222 g/mol. The number of hydrogen-bond donors (Lipinski definition) is 1. The third-order valence-corrected chi connectivity index (χ3v) is 1.65. The zero-order valence-corrected chi connectivity index (χ0v) is 9.23. The number of rotatable bonds is 1. The van der Waals surface area contributed by atoms with E-state index in [1.54, 1.807) is 12.4 Å². The van der Waals surface area contributed by atoms with Gasteiger partial charge in [-0.2, -0.15) is 0 Å². The Morgan fingerprint density at radius 1 is 0.867 bits per heavy atom. The molecule has 0 bridgehead atoms. The Balaban J connectivity index is 0.000000253. The molecule has 2 nitrogen and oxygen atoms in total. The number of pyridine rings is 1. The molecule has 3 heteroatoms. The fourth-order valence-corrected chi connectivity index (χ4v) is 0.927. The van der Waals surface area contributed by atoms with E-state index in [9.17, 15) is 0 Å². The van der Waals surface area contributed by atoms with Gasteiger partial charge in [0.15, 0.2) is 0 Å². The van der Waals surface area contributed by atoms with E-state index in [0.717, 1.165) is 0 Å². The summed E-state index contributed by atoms with van der Waals surface area (Å²) in [6.07, 6.45) is 3.50. The minimum atomic E-state index is 0. The van der Waals surface area contributed by atoms with Crippen molar-refractivity contribution in [3.05, 3.63) is 66.5 Å². The first-order valence-electron chi connectivity index (χ1n) is 4.52. The van der Waals surface area contributed by atoms with Crippen LogP contribution in [0.4, 0.5) is 0 Å². The van der Waals surface area contributed by atoms with Gasteiger partial charge in [0.1, 0.15) is 0 Å². The summed E-state index contributed by atoms with van der Waals surface area (Å²) in [6, 6.07) is 15.7. The van der Waals surface area contributed by atoms with Gasteiger partial charge < -0.3 is 5.73 Å². The van der Waals surface area contributed by atoms with E-state index in [2.05, 4.69) is 4.98 Å². The molecule has 0 fully saturated rings. The van der Waals surface area contributed by atoms with Crippen molar-refractivity contribution >= 4 is 12.4 Å². The van der Waals surface area contributed by atoms with Crippen LogP contribution in [0.5, 0.6) is 0 Å². The summed E-state index contributed by atoms with van der Waals surface area (Å²) in [7, 11) is 0. The highest BCUT2D eigenvalue weighted by Gasteiger charge is 1.80. The van der Waals surface area contributed by atoms with Crippen LogP contribution in [0.3, 0.4) is 0 Å². The molecular formula is C12H15ClN2. The van der Waals surface area contributed by atoms with Gasteiger partial charge in [0.2, 0.25) is 0 Å². The number of aromatic nitrogens is 1. The van der Waals surface area contributed by atoms with Crippen LogP contribution in [0.2, 0.25) is 0 Å². The Morgan fingerprint density at radius 3 is 1.67 bits per heavy atom. The van der Waals surface area contributed by atoms with E-state index in [1.165, 1.54) is 5.56 Å². The van der Waals surface area contributed by atoms with Crippen LogP contribution < -0.4 is 5.73 Å². The van der Waals surface area contributed by atoms with E-state index >= 15 is 0 Å². The van der Waals surface area contributed by atoms with Gasteiger partial charge in [-0.1, -0.05) is 36.4 Å². The Labute approximate surface area is 96.6 Å². The van der Waals surface area contributed by atoms with Gasteiger partial charge in [-0.3, -0.25) is 4.98 Å². The van der Waals surface area contributed by atoms with Gasteiger partial charge in [-0.05, 0) is 17.7 Å². The molecule has 1 heterocycles. The standard InChI is InChI=1S/C7H9N.C5H5N.ClH/c8-6-7-4-2-1-3-5-7;1-2-4-6-5-3-1;/h1-5H,6,8H2;1-5H;1H. The van der Waals surface area contributed by atoms with E-state index in [-0.39, 0.29) is 12.4 Å². The van der Waals surface area contributed by atoms with Crippen molar-refractivity contribution in [3.8, 4) is 0 Å². The third-order valence-electron chi connectivity index (χ3n) is 1.65. The summed E-state index contributed by atoms with van der Waals surface area (Å²) in [5.74, 6) is 0. The molecule has 80 valence electrons. The Kier molecular flexibility index (Phi) is 8.34. The summed E-state index contributed by atoms with van der Waals surface area (Å²) >= 11 is 0. The van der Waals surface area contributed by atoms with E-state index < -0.39 is 0 Å². The second-order valence-corrected chi connectivity index (χ2v) is 2.71. The molecule has 0 saturated heterocycles. The lowest BCUT2D eigenvalue weighted by Gasteiger charge is -1.90. The molecule has 2 N–H and O–H groups in total. The molecule has 0 saturated carbocycles. The van der Waals surface area contributed by atoms with Crippen molar-refractivity contribution in [2.45, 2.75) is 6.54 Å². The molecule has 0 aliphatic rings. The lowest BCUT2D eigenvalue weighted by molar-refractivity contribution is 1.07. The summed E-state index contributed by atoms with van der Waals surface area (Å²) in [5.41, 5.74) is 6.54. The van der Waals surface area contributed by atoms with Crippen LogP contribution >= 0.6 is 12.4 Å². The van der Waals surface area contributed by atoms with Crippen LogP contribution in [-0.2, 0) is 6.54 Å². The fraction of sp³-hybridized carbons (Fsp3) is 0.0833.